The number of benzene rings is 4. The largest absolute Gasteiger partial charge is 0.503 e. The second kappa shape index (κ2) is 12.4. The van der Waals surface area contributed by atoms with E-state index in [1.54, 1.807) is 36.4 Å². The van der Waals surface area contributed by atoms with E-state index < -0.39 is 51.7 Å². The standard InChI is InChI=1S/C41H31ClN2O8/c1-52-33-19-23(18-32(42)38(33)47)36-27-16-17-28-35(40(49)43(39(28)48)25-12-14-26(15-13-25)44(50)51)30(27)20-31-37(46)29(22-8-4-2-5-9-22)21-34(45)41(31,36)24-10-6-3-7-11-24/h2-16,18-19,21,28,30-31,35-36,47H,17,20H2,1H3/t28-,30+,31-,35-,36-,41-/m0/s1. The molecule has 2 amide bonds. The van der Waals surface area contributed by atoms with E-state index in [9.17, 15) is 24.8 Å². The second-order valence-corrected chi connectivity index (χ2v) is 14.0. The van der Waals surface area contributed by atoms with Gasteiger partial charge in [0.1, 0.15) is 0 Å². The maximum absolute atomic E-state index is 15.2. The lowest BCUT2D eigenvalue weighted by molar-refractivity contribution is -0.384. The first-order valence-corrected chi connectivity index (χ1v) is 17.3. The molecule has 4 aliphatic rings. The molecular formula is C41H31ClN2O8. The van der Waals surface area contributed by atoms with Crippen LogP contribution in [0.2, 0.25) is 5.02 Å². The summed E-state index contributed by atoms with van der Waals surface area (Å²) in [5.41, 5.74) is 1.24. The van der Waals surface area contributed by atoms with Crippen LogP contribution in [0.4, 0.5) is 11.4 Å². The number of aromatic hydroxyl groups is 1. The number of anilines is 1. The van der Waals surface area contributed by atoms with E-state index in [2.05, 4.69) is 0 Å². The minimum absolute atomic E-state index is 0.0166. The number of methoxy groups -OCH3 is 1. The summed E-state index contributed by atoms with van der Waals surface area (Å²) in [6.45, 7) is 0. The fraction of sp³-hybridized carbons (Fsp3) is 0.220. The molecule has 6 atom stereocenters. The van der Waals surface area contributed by atoms with E-state index in [1.165, 1.54) is 37.5 Å². The number of hydrogen-bond acceptors (Lipinski definition) is 8. The number of Topliss-reactive ketones (excluding diaryl/α,β-unsaturated/α-hetero) is 1. The number of phenols is 1. The van der Waals surface area contributed by atoms with Crippen LogP contribution in [-0.4, -0.2) is 40.5 Å². The van der Waals surface area contributed by atoms with Crippen molar-refractivity contribution < 1.29 is 33.9 Å². The number of halogens is 1. The average molecular weight is 715 g/mol. The van der Waals surface area contributed by atoms with Crippen molar-refractivity contribution in [3.05, 3.63) is 147 Å². The van der Waals surface area contributed by atoms with Gasteiger partial charge in [0.25, 0.3) is 5.69 Å². The van der Waals surface area contributed by atoms with Gasteiger partial charge in [0.05, 0.1) is 40.0 Å². The van der Waals surface area contributed by atoms with Crippen molar-refractivity contribution in [3.8, 4) is 11.5 Å². The number of nitrogens with zero attached hydrogens (tertiary/aromatic N) is 2. The molecule has 4 aromatic rings. The Kier molecular flexibility index (Phi) is 7.95. The number of imide groups is 1. The van der Waals surface area contributed by atoms with Crippen molar-refractivity contribution in [1.82, 2.24) is 0 Å². The number of fused-ring (bicyclic) bond motifs is 4. The molecule has 0 bridgehead atoms. The number of nitro benzene ring substituents is 1. The SMILES string of the molecule is COc1cc([C@H]2C3=CC[C@@H]4C(=O)N(c5ccc([N+](=O)[O-])cc5)C(=O)[C@@H]4[C@@H]3C[C@H]3C(=O)C(c4ccccc4)=CC(=O)[C@@]23c2ccccc2)cc(Cl)c1O. The van der Waals surface area contributed by atoms with Gasteiger partial charge in [-0.2, -0.15) is 0 Å². The van der Waals surface area contributed by atoms with Crippen molar-refractivity contribution in [2.45, 2.75) is 24.2 Å². The van der Waals surface area contributed by atoms with Gasteiger partial charge in [-0.05, 0) is 65.8 Å². The third-order valence-corrected chi connectivity index (χ3v) is 11.6. The highest BCUT2D eigenvalue weighted by molar-refractivity contribution is 6.33. The Bertz CT molecular complexity index is 2250. The van der Waals surface area contributed by atoms with Gasteiger partial charge < -0.3 is 9.84 Å². The molecule has 1 saturated carbocycles. The lowest BCUT2D eigenvalue weighted by atomic mass is 9.44. The van der Waals surface area contributed by atoms with Crippen LogP contribution in [0, 0.1) is 33.8 Å². The fourth-order valence-corrected chi connectivity index (χ4v) is 9.36. The third kappa shape index (κ3) is 4.77. The van der Waals surface area contributed by atoms with Crippen molar-refractivity contribution in [2.75, 3.05) is 12.0 Å². The topological polar surface area (TPSA) is 144 Å². The number of nitro groups is 1. The van der Waals surface area contributed by atoms with Gasteiger partial charge in [-0.1, -0.05) is 83.9 Å². The molecule has 1 N–H and O–H groups in total. The summed E-state index contributed by atoms with van der Waals surface area (Å²) in [7, 11) is 1.39. The fourth-order valence-electron chi connectivity index (χ4n) is 9.14. The molecule has 260 valence electrons. The summed E-state index contributed by atoms with van der Waals surface area (Å²) in [6, 6.07) is 26.5. The molecule has 0 unspecified atom stereocenters. The highest BCUT2D eigenvalue weighted by Crippen LogP contribution is 2.64. The summed E-state index contributed by atoms with van der Waals surface area (Å²) < 4.78 is 5.51. The van der Waals surface area contributed by atoms with Gasteiger partial charge in [0.15, 0.2) is 23.1 Å². The first-order valence-electron chi connectivity index (χ1n) is 16.9. The van der Waals surface area contributed by atoms with Crippen LogP contribution >= 0.6 is 11.6 Å². The average Bonchev–Trinajstić information content (AvgIpc) is 3.42. The summed E-state index contributed by atoms with van der Waals surface area (Å²) >= 11 is 6.62. The van der Waals surface area contributed by atoms with Gasteiger partial charge in [-0.25, -0.2) is 0 Å². The number of non-ortho nitro benzene ring substituents is 1. The Morgan fingerprint density at radius 2 is 1.58 bits per heavy atom. The molecule has 11 heteroatoms. The number of hydrogen-bond donors (Lipinski definition) is 1. The normalized spacial score (nSPS) is 26.6. The summed E-state index contributed by atoms with van der Waals surface area (Å²) in [6.07, 6.45) is 3.64. The molecule has 1 heterocycles. The van der Waals surface area contributed by atoms with Crippen molar-refractivity contribution in [3.63, 3.8) is 0 Å². The van der Waals surface area contributed by atoms with Gasteiger partial charge >= 0.3 is 0 Å². The number of ketones is 2. The summed E-state index contributed by atoms with van der Waals surface area (Å²) in [5.74, 6) is -5.76. The van der Waals surface area contributed by atoms with Crippen LogP contribution in [0.5, 0.6) is 11.5 Å². The number of carbonyl (C=O) groups is 4. The maximum atomic E-state index is 15.2. The van der Waals surface area contributed by atoms with Gasteiger partial charge in [0, 0.05) is 29.5 Å². The minimum atomic E-state index is -1.49. The Morgan fingerprint density at radius 3 is 2.23 bits per heavy atom. The maximum Gasteiger partial charge on any atom is 0.269 e. The lowest BCUT2D eigenvalue weighted by Crippen LogP contribution is -2.58. The van der Waals surface area contributed by atoms with Gasteiger partial charge in [-0.15, -0.1) is 0 Å². The predicted molar refractivity (Wildman–Crippen MR) is 192 cm³/mol. The molecule has 0 spiro atoms. The zero-order valence-electron chi connectivity index (χ0n) is 27.8. The van der Waals surface area contributed by atoms with Crippen LogP contribution in [0.25, 0.3) is 5.57 Å². The molecule has 2 fully saturated rings. The Balaban J connectivity index is 1.35. The number of ether oxygens (including phenoxy) is 1. The Labute approximate surface area is 303 Å². The number of amides is 2. The van der Waals surface area contributed by atoms with Crippen LogP contribution in [-0.2, 0) is 24.6 Å². The summed E-state index contributed by atoms with van der Waals surface area (Å²) in [4.78, 5) is 70.6. The number of phenolic OH excluding ortho intramolecular Hbond substituents is 1. The Hall–Kier alpha value is -5.87. The summed E-state index contributed by atoms with van der Waals surface area (Å²) in [5, 5.41) is 22.1. The molecule has 10 nitrogen and oxygen atoms in total. The van der Waals surface area contributed by atoms with Crippen molar-refractivity contribution >= 4 is 51.9 Å². The third-order valence-electron chi connectivity index (χ3n) is 11.3. The highest BCUT2D eigenvalue weighted by atomic mass is 35.5. The van der Waals surface area contributed by atoms with Crippen LogP contribution < -0.4 is 9.64 Å². The number of carbonyl (C=O) groups excluding carboxylic acids is 4. The molecule has 0 radical (unpaired) electrons. The Morgan fingerprint density at radius 1 is 0.904 bits per heavy atom. The van der Waals surface area contributed by atoms with Crippen molar-refractivity contribution in [2.24, 2.45) is 23.7 Å². The monoisotopic (exact) mass is 714 g/mol. The van der Waals surface area contributed by atoms with E-state index in [-0.39, 0.29) is 57.9 Å². The zero-order chi connectivity index (χ0) is 36.5. The van der Waals surface area contributed by atoms with Crippen molar-refractivity contribution in [1.29, 1.82) is 0 Å². The molecule has 4 aromatic carbocycles. The first kappa shape index (κ1) is 33.3. The smallest absolute Gasteiger partial charge is 0.269 e. The van der Waals surface area contributed by atoms with E-state index in [4.69, 9.17) is 16.3 Å². The van der Waals surface area contributed by atoms with E-state index in [1.807, 2.05) is 42.5 Å². The molecule has 0 aromatic heterocycles. The van der Waals surface area contributed by atoms with Crippen LogP contribution in [0.1, 0.15) is 35.4 Å². The molecule has 52 heavy (non-hydrogen) atoms. The molecular weight excluding hydrogens is 684 g/mol. The first-order chi connectivity index (χ1) is 25.1. The number of rotatable bonds is 6. The number of allylic oxidation sites excluding steroid dienone is 4. The van der Waals surface area contributed by atoms with Crippen LogP contribution in [0.3, 0.4) is 0 Å². The quantitative estimate of drug-likeness (QED) is 0.0974. The van der Waals surface area contributed by atoms with Gasteiger partial charge in [-0.3, -0.25) is 34.2 Å². The second-order valence-electron chi connectivity index (χ2n) is 13.6. The predicted octanol–water partition coefficient (Wildman–Crippen LogP) is 6.99. The van der Waals surface area contributed by atoms with E-state index in [0.29, 0.717) is 16.7 Å². The van der Waals surface area contributed by atoms with E-state index in [0.717, 1.165) is 10.5 Å². The minimum Gasteiger partial charge on any atom is -0.503 e. The van der Waals surface area contributed by atoms with Gasteiger partial charge in [0.2, 0.25) is 11.8 Å². The zero-order valence-corrected chi connectivity index (χ0v) is 28.5. The molecule has 1 saturated heterocycles. The highest BCUT2D eigenvalue weighted by Gasteiger charge is 2.66. The molecule has 1 aliphatic heterocycles. The van der Waals surface area contributed by atoms with E-state index >= 15 is 9.59 Å². The lowest BCUT2D eigenvalue weighted by Gasteiger charge is -2.55. The van der Waals surface area contributed by atoms with Crippen LogP contribution in [0.15, 0.2) is 115 Å². The molecule has 8 rings (SSSR count). The molecule has 3 aliphatic carbocycles.